The van der Waals surface area contributed by atoms with E-state index in [0.29, 0.717) is 17.0 Å². The Kier molecular flexibility index (Phi) is 3.13. The highest BCUT2D eigenvalue weighted by Gasteiger charge is 2.16. The van der Waals surface area contributed by atoms with E-state index >= 15 is 0 Å². The average Bonchev–Trinajstić information content (AvgIpc) is 2.91. The number of carbonyl (C=O) groups is 1. The molecule has 6 heteroatoms. The summed E-state index contributed by atoms with van der Waals surface area (Å²) < 4.78 is 1.37. The fraction of sp³-hybridized carbons (Fsp3) is 0.200. The fourth-order valence-corrected chi connectivity index (χ4v) is 2.07. The molecule has 0 atom stereocenters. The lowest BCUT2D eigenvalue weighted by Crippen LogP contribution is -2.08. The van der Waals surface area contributed by atoms with Crippen molar-refractivity contribution >= 4 is 11.6 Å². The number of carboxylic acid groups (broad SMARTS) is 1. The number of aromatic nitrogens is 4. The molecule has 0 fully saturated rings. The maximum atomic E-state index is 11.5. The van der Waals surface area contributed by atoms with Crippen molar-refractivity contribution in [3.63, 3.8) is 0 Å². The van der Waals surface area contributed by atoms with E-state index in [-0.39, 0.29) is 11.6 Å². The van der Waals surface area contributed by atoms with Gasteiger partial charge in [0.15, 0.2) is 11.3 Å². The highest BCUT2D eigenvalue weighted by atomic mass is 16.4. The molecule has 0 amide bonds. The molecular formula is C15H14N4O2. The summed E-state index contributed by atoms with van der Waals surface area (Å²) in [6.07, 6.45) is 1.65. The standard InChI is InChI=1S/C15H14N4O2/c1-9(2)11-8-14-17-12(10-5-3-4-6-16-10)7-13(15(20)21)19(14)18-11/h3-9H,1-2H3,(H,20,21). The summed E-state index contributed by atoms with van der Waals surface area (Å²) in [4.78, 5) is 20.1. The van der Waals surface area contributed by atoms with Crippen molar-refractivity contribution in [2.24, 2.45) is 0 Å². The summed E-state index contributed by atoms with van der Waals surface area (Å²) in [5.74, 6) is -0.843. The van der Waals surface area contributed by atoms with Crippen molar-refractivity contribution in [3.8, 4) is 11.4 Å². The van der Waals surface area contributed by atoms with Crippen LogP contribution in [0.1, 0.15) is 35.9 Å². The molecule has 0 radical (unpaired) electrons. The first-order chi connectivity index (χ1) is 10.1. The zero-order valence-corrected chi connectivity index (χ0v) is 11.7. The van der Waals surface area contributed by atoms with E-state index in [4.69, 9.17) is 0 Å². The first-order valence-electron chi connectivity index (χ1n) is 6.61. The third-order valence-corrected chi connectivity index (χ3v) is 3.18. The predicted molar refractivity (Wildman–Crippen MR) is 77.3 cm³/mol. The molecule has 0 spiro atoms. The Balaban J connectivity index is 2.27. The summed E-state index contributed by atoms with van der Waals surface area (Å²) in [5.41, 5.74) is 2.56. The van der Waals surface area contributed by atoms with Crippen LogP contribution in [0.4, 0.5) is 0 Å². The van der Waals surface area contributed by atoms with Gasteiger partial charge in [-0.15, -0.1) is 0 Å². The second-order valence-electron chi connectivity index (χ2n) is 5.04. The highest BCUT2D eigenvalue weighted by Crippen LogP contribution is 2.20. The number of aromatic carboxylic acids is 1. The van der Waals surface area contributed by atoms with Crippen LogP contribution in [-0.4, -0.2) is 30.7 Å². The molecular weight excluding hydrogens is 268 g/mol. The Morgan fingerprint density at radius 2 is 2.05 bits per heavy atom. The van der Waals surface area contributed by atoms with E-state index < -0.39 is 5.97 Å². The van der Waals surface area contributed by atoms with Crippen molar-refractivity contribution in [1.82, 2.24) is 19.6 Å². The van der Waals surface area contributed by atoms with Gasteiger partial charge in [-0.2, -0.15) is 5.10 Å². The molecule has 0 saturated carbocycles. The molecule has 3 aromatic heterocycles. The SMILES string of the molecule is CC(C)c1cc2nc(-c3ccccn3)cc(C(=O)O)n2n1. The molecule has 0 aliphatic heterocycles. The van der Waals surface area contributed by atoms with Gasteiger partial charge in [0.2, 0.25) is 0 Å². The van der Waals surface area contributed by atoms with Crippen LogP contribution in [0.3, 0.4) is 0 Å². The van der Waals surface area contributed by atoms with Gasteiger partial charge < -0.3 is 5.11 Å². The lowest BCUT2D eigenvalue weighted by Gasteiger charge is -2.04. The first-order valence-corrected chi connectivity index (χ1v) is 6.61. The normalized spacial score (nSPS) is 11.2. The second-order valence-corrected chi connectivity index (χ2v) is 5.04. The Morgan fingerprint density at radius 3 is 2.67 bits per heavy atom. The molecule has 0 saturated heterocycles. The molecule has 3 heterocycles. The summed E-state index contributed by atoms with van der Waals surface area (Å²) >= 11 is 0. The number of carboxylic acids is 1. The van der Waals surface area contributed by atoms with Gasteiger partial charge in [-0.1, -0.05) is 19.9 Å². The zero-order valence-electron chi connectivity index (χ0n) is 11.7. The minimum atomic E-state index is -1.04. The van der Waals surface area contributed by atoms with E-state index in [1.165, 1.54) is 10.6 Å². The molecule has 6 nitrogen and oxygen atoms in total. The van der Waals surface area contributed by atoms with Gasteiger partial charge in [0.05, 0.1) is 17.1 Å². The maximum absolute atomic E-state index is 11.5. The van der Waals surface area contributed by atoms with Crippen molar-refractivity contribution in [2.75, 3.05) is 0 Å². The molecule has 0 aliphatic rings. The van der Waals surface area contributed by atoms with Crippen LogP contribution < -0.4 is 0 Å². The van der Waals surface area contributed by atoms with E-state index in [0.717, 1.165) is 5.69 Å². The maximum Gasteiger partial charge on any atom is 0.354 e. The van der Waals surface area contributed by atoms with Gasteiger partial charge in [0, 0.05) is 12.3 Å². The van der Waals surface area contributed by atoms with Crippen LogP contribution in [0.25, 0.3) is 17.0 Å². The topological polar surface area (TPSA) is 80.4 Å². The summed E-state index contributed by atoms with van der Waals surface area (Å²) in [6, 6.07) is 8.74. The second kappa shape index (κ2) is 4.97. The number of rotatable bonds is 3. The molecule has 0 bridgehead atoms. The predicted octanol–water partition coefficient (Wildman–Crippen LogP) is 2.61. The van der Waals surface area contributed by atoms with Gasteiger partial charge in [-0.05, 0) is 24.1 Å². The quantitative estimate of drug-likeness (QED) is 0.798. The zero-order chi connectivity index (χ0) is 15.0. The van der Waals surface area contributed by atoms with Crippen LogP contribution in [0.5, 0.6) is 0 Å². The molecule has 3 rings (SSSR count). The van der Waals surface area contributed by atoms with Crippen molar-refractivity contribution in [3.05, 3.63) is 47.9 Å². The van der Waals surface area contributed by atoms with Gasteiger partial charge in [-0.3, -0.25) is 4.98 Å². The van der Waals surface area contributed by atoms with Gasteiger partial charge >= 0.3 is 5.97 Å². The minimum Gasteiger partial charge on any atom is -0.477 e. The molecule has 1 N–H and O–H groups in total. The Hall–Kier alpha value is -2.76. The number of fused-ring (bicyclic) bond motifs is 1. The minimum absolute atomic E-state index is 0.0764. The van der Waals surface area contributed by atoms with Crippen molar-refractivity contribution in [1.29, 1.82) is 0 Å². The largest absolute Gasteiger partial charge is 0.477 e. The Labute approximate surface area is 121 Å². The molecule has 0 unspecified atom stereocenters. The van der Waals surface area contributed by atoms with E-state index in [1.807, 2.05) is 26.0 Å². The molecule has 0 aromatic carbocycles. The Bertz CT molecular complexity index is 809. The average molecular weight is 282 g/mol. The summed E-state index contributed by atoms with van der Waals surface area (Å²) in [5, 5.41) is 13.7. The molecule has 106 valence electrons. The molecule has 21 heavy (non-hydrogen) atoms. The smallest absolute Gasteiger partial charge is 0.354 e. The van der Waals surface area contributed by atoms with E-state index in [9.17, 15) is 9.90 Å². The van der Waals surface area contributed by atoms with Crippen LogP contribution in [0.2, 0.25) is 0 Å². The number of hydrogen-bond acceptors (Lipinski definition) is 4. The summed E-state index contributed by atoms with van der Waals surface area (Å²) in [7, 11) is 0. The summed E-state index contributed by atoms with van der Waals surface area (Å²) in [6.45, 7) is 4.00. The third-order valence-electron chi connectivity index (χ3n) is 3.18. The first kappa shape index (κ1) is 13.2. The number of hydrogen-bond donors (Lipinski definition) is 1. The lowest BCUT2D eigenvalue weighted by atomic mass is 10.1. The van der Waals surface area contributed by atoms with Crippen molar-refractivity contribution in [2.45, 2.75) is 19.8 Å². The van der Waals surface area contributed by atoms with Crippen LogP contribution in [0, 0.1) is 0 Å². The molecule has 0 aliphatic carbocycles. The van der Waals surface area contributed by atoms with Gasteiger partial charge in [0.1, 0.15) is 0 Å². The third kappa shape index (κ3) is 2.35. The highest BCUT2D eigenvalue weighted by molar-refractivity contribution is 5.87. The Morgan fingerprint density at radius 1 is 1.24 bits per heavy atom. The number of pyridine rings is 1. The van der Waals surface area contributed by atoms with E-state index in [1.54, 1.807) is 18.3 Å². The number of nitrogens with zero attached hydrogens (tertiary/aromatic N) is 4. The fourth-order valence-electron chi connectivity index (χ4n) is 2.07. The van der Waals surface area contributed by atoms with Crippen LogP contribution in [0.15, 0.2) is 36.5 Å². The van der Waals surface area contributed by atoms with Crippen LogP contribution in [-0.2, 0) is 0 Å². The van der Waals surface area contributed by atoms with Gasteiger partial charge in [-0.25, -0.2) is 14.3 Å². The van der Waals surface area contributed by atoms with Crippen LogP contribution >= 0.6 is 0 Å². The molecule has 3 aromatic rings. The lowest BCUT2D eigenvalue weighted by molar-refractivity contribution is 0.0687. The monoisotopic (exact) mass is 282 g/mol. The van der Waals surface area contributed by atoms with E-state index in [2.05, 4.69) is 15.1 Å². The van der Waals surface area contributed by atoms with Crippen molar-refractivity contribution < 1.29 is 9.90 Å². The van der Waals surface area contributed by atoms with Gasteiger partial charge in [0.25, 0.3) is 0 Å².